The molecule has 0 aromatic heterocycles. The standard InChI is InChI=1S/C25H42OSi/c1-22(2,3)19-16-17-25(26-24(7,8)9,21(18-19)23(4,5)6)27(10,11)20-14-12-13-15-20/h12,14-16,18H,13,17H2,1-11H3. The van der Waals surface area contributed by atoms with Crippen LogP contribution in [0.1, 0.15) is 75.2 Å². The van der Waals surface area contributed by atoms with Gasteiger partial charge in [0.05, 0.1) is 10.8 Å². The topological polar surface area (TPSA) is 9.23 Å². The van der Waals surface area contributed by atoms with Gasteiger partial charge >= 0.3 is 0 Å². The third kappa shape index (κ3) is 4.43. The summed E-state index contributed by atoms with van der Waals surface area (Å²) in [6.45, 7) is 25.7. The first-order chi connectivity index (χ1) is 12.0. The Labute approximate surface area is 169 Å². The SMILES string of the molecule is CC(C)(C)OC1([Si](C)(C)C2=CCC=C2)CC=C(C(C)(C)C)C=C1C(C)(C)C. The molecular weight excluding hydrogens is 344 g/mol. The molecule has 0 aromatic rings. The van der Waals surface area contributed by atoms with Gasteiger partial charge in [0.25, 0.3) is 0 Å². The normalized spacial score (nSPS) is 24.6. The van der Waals surface area contributed by atoms with E-state index in [9.17, 15) is 0 Å². The first kappa shape index (κ1) is 22.4. The third-order valence-corrected chi connectivity index (χ3v) is 10.4. The van der Waals surface area contributed by atoms with Crippen molar-refractivity contribution in [2.75, 3.05) is 0 Å². The van der Waals surface area contributed by atoms with E-state index >= 15 is 0 Å². The minimum Gasteiger partial charge on any atom is -0.368 e. The Balaban J connectivity index is 2.74. The van der Waals surface area contributed by atoms with Crippen molar-refractivity contribution in [3.8, 4) is 0 Å². The lowest BCUT2D eigenvalue weighted by Gasteiger charge is -2.55. The van der Waals surface area contributed by atoms with Gasteiger partial charge in [-0.1, -0.05) is 90.2 Å². The second kappa shape index (κ2) is 6.88. The van der Waals surface area contributed by atoms with Crippen LogP contribution in [0.25, 0.3) is 0 Å². The largest absolute Gasteiger partial charge is 0.368 e. The lowest BCUT2D eigenvalue weighted by Crippen LogP contribution is -2.63. The van der Waals surface area contributed by atoms with Gasteiger partial charge in [0.15, 0.2) is 0 Å². The Hall–Kier alpha value is -0.863. The van der Waals surface area contributed by atoms with Gasteiger partial charge < -0.3 is 4.74 Å². The molecule has 152 valence electrons. The molecule has 27 heavy (non-hydrogen) atoms. The summed E-state index contributed by atoms with van der Waals surface area (Å²) in [5, 5.41) is 1.31. The molecule has 0 bridgehead atoms. The highest BCUT2D eigenvalue weighted by Gasteiger charge is 2.56. The van der Waals surface area contributed by atoms with E-state index in [0.717, 1.165) is 12.8 Å². The maximum atomic E-state index is 7.12. The molecule has 0 spiro atoms. The molecule has 0 radical (unpaired) electrons. The predicted molar refractivity (Wildman–Crippen MR) is 123 cm³/mol. The zero-order valence-electron chi connectivity index (χ0n) is 19.7. The fourth-order valence-electron chi connectivity index (χ4n) is 4.53. The lowest BCUT2D eigenvalue weighted by molar-refractivity contribution is -0.0785. The number of rotatable bonds is 3. The van der Waals surface area contributed by atoms with Crippen LogP contribution in [0.2, 0.25) is 13.1 Å². The van der Waals surface area contributed by atoms with Gasteiger partial charge in [-0.3, -0.25) is 0 Å². The van der Waals surface area contributed by atoms with Crippen molar-refractivity contribution in [3.05, 3.63) is 46.7 Å². The highest BCUT2D eigenvalue weighted by Crippen LogP contribution is 2.52. The summed E-state index contributed by atoms with van der Waals surface area (Å²) in [6.07, 6.45) is 14.1. The molecule has 0 saturated carbocycles. The summed E-state index contributed by atoms with van der Waals surface area (Å²) in [5.74, 6) is 0. The van der Waals surface area contributed by atoms with E-state index in [1.165, 1.54) is 16.3 Å². The van der Waals surface area contributed by atoms with Crippen LogP contribution >= 0.6 is 0 Å². The maximum absolute atomic E-state index is 7.12. The van der Waals surface area contributed by atoms with Crippen molar-refractivity contribution in [1.82, 2.24) is 0 Å². The smallest absolute Gasteiger partial charge is 0.122 e. The minimum absolute atomic E-state index is 0.0587. The van der Waals surface area contributed by atoms with E-state index in [1.54, 1.807) is 0 Å². The molecule has 1 unspecified atom stereocenters. The first-order valence-corrected chi connectivity index (χ1v) is 13.5. The molecule has 0 N–H and O–H groups in total. The van der Waals surface area contributed by atoms with Crippen molar-refractivity contribution < 1.29 is 4.74 Å². The van der Waals surface area contributed by atoms with Crippen molar-refractivity contribution in [3.63, 3.8) is 0 Å². The van der Waals surface area contributed by atoms with Gasteiger partial charge in [-0.2, -0.15) is 0 Å². The van der Waals surface area contributed by atoms with Crippen LogP contribution in [0, 0.1) is 10.8 Å². The van der Waals surface area contributed by atoms with Crippen LogP contribution in [-0.4, -0.2) is 18.9 Å². The van der Waals surface area contributed by atoms with Crippen molar-refractivity contribution >= 4 is 8.07 Å². The number of allylic oxidation sites excluding steroid dienone is 6. The number of ether oxygens (including phenoxy) is 1. The van der Waals surface area contributed by atoms with E-state index in [2.05, 4.69) is 106 Å². The van der Waals surface area contributed by atoms with Gasteiger partial charge in [-0.05, 0) is 55.6 Å². The zero-order chi connectivity index (χ0) is 20.9. The predicted octanol–water partition coefficient (Wildman–Crippen LogP) is 7.56. The molecule has 1 nitrogen and oxygen atoms in total. The van der Waals surface area contributed by atoms with Crippen LogP contribution in [0.15, 0.2) is 46.7 Å². The summed E-state index contributed by atoms with van der Waals surface area (Å²) >= 11 is 0. The summed E-state index contributed by atoms with van der Waals surface area (Å²) in [7, 11) is -1.95. The van der Waals surface area contributed by atoms with Crippen LogP contribution in [0.3, 0.4) is 0 Å². The Morgan fingerprint density at radius 1 is 0.889 bits per heavy atom. The zero-order valence-corrected chi connectivity index (χ0v) is 20.7. The van der Waals surface area contributed by atoms with E-state index < -0.39 is 8.07 Å². The fraction of sp³-hybridized carbons (Fsp3) is 0.680. The van der Waals surface area contributed by atoms with Crippen LogP contribution in [0.4, 0.5) is 0 Å². The molecule has 0 fully saturated rings. The second-order valence-corrected chi connectivity index (χ2v) is 16.5. The Morgan fingerprint density at radius 2 is 1.48 bits per heavy atom. The number of hydrogen-bond acceptors (Lipinski definition) is 1. The van der Waals surface area contributed by atoms with Gasteiger partial charge in [0.2, 0.25) is 0 Å². The number of hydrogen-bond donors (Lipinski definition) is 0. The minimum atomic E-state index is -1.95. The van der Waals surface area contributed by atoms with E-state index in [1.807, 2.05) is 0 Å². The molecule has 2 heteroatoms. The van der Waals surface area contributed by atoms with Gasteiger partial charge in [-0.15, -0.1) is 0 Å². The Kier molecular flexibility index (Phi) is 5.71. The Morgan fingerprint density at radius 3 is 1.89 bits per heavy atom. The fourth-order valence-corrected chi connectivity index (χ4v) is 8.46. The molecule has 0 aliphatic heterocycles. The summed E-state index contributed by atoms with van der Waals surface area (Å²) in [5.41, 5.74) is 2.95. The van der Waals surface area contributed by atoms with E-state index in [-0.39, 0.29) is 21.7 Å². The molecule has 2 aliphatic rings. The maximum Gasteiger partial charge on any atom is 0.122 e. The van der Waals surface area contributed by atoms with Crippen LogP contribution in [0.5, 0.6) is 0 Å². The Bertz CT molecular complexity index is 696. The van der Waals surface area contributed by atoms with Crippen LogP contribution in [-0.2, 0) is 4.74 Å². The van der Waals surface area contributed by atoms with E-state index in [4.69, 9.17) is 4.74 Å². The highest BCUT2D eigenvalue weighted by atomic mass is 28.3. The average molecular weight is 387 g/mol. The van der Waals surface area contributed by atoms with Crippen molar-refractivity contribution in [2.24, 2.45) is 10.8 Å². The quantitative estimate of drug-likeness (QED) is 0.455. The molecule has 0 amide bonds. The van der Waals surface area contributed by atoms with Crippen molar-refractivity contribution in [1.29, 1.82) is 0 Å². The molecular formula is C25H42OSi. The highest BCUT2D eigenvalue weighted by molar-refractivity contribution is 6.88. The third-order valence-electron chi connectivity index (χ3n) is 6.00. The van der Waals surface area contributed by atoms with Gasteiger partial charge in [0.1, 0.15) is 8.07 Å². The van der Waals surface area contributed by atoms with Gasteiger partial charge in [-0.25, -0.2) is 0 Å². The average Bonchev–Trinajstić information content (AvgIpc) is 2.97. The van der Waals surface area contributed by atoms with Crippen molar-refractivity contribution in [2.45, 2.75) is 99.1 Å². The lowest BCUT2D eigenvalue weighted by atomic mass is 9.73. The molecule has 2 aliphatic carbocycles. The van der Waals surface area contributed by atoms with Gasteiger partial charge in [0, 0.05) is 0 Å². The second-order valence-electron chi connectivity index (χ2n) is 11.9. The van der Waals surface area contributed by atoms with E-state index in [0.29, 0.717) is 0 Å². The summed E-state index contributed by atoms with van der Waals surface area (Å²) in [4.78, 5) is 0. The summed E-state index contributed by atoms with van der Waals surface area (Å²) in [6, 6.07) is 0. The molecule has 0 aromatic carbocycles. The monoisotopic (exact) mass is 386 g/mol. The molecule has 0 heterocycles. The molecule has 0 saturated heterocycles. The summed E-state index contributed by atoms with van der Waals surface area (Å²) < 4.78 is 7.12. The first-order valence-electron chi connectivity index (χ1n) is 10.5. The molecule has 1 atom stereocenters. The molecule has 2 rings (SSSR count). The van der Waals surface area contributed by atoms with Crippen LogP contribution < -0.4 is 0 Å².